The molecule has 0 radical (unpaired) electrons. The number of benzene rings is 1. The minimum Gasteiger partial charge on any atom is -0.493 e. The van der Waals surface area contributed by atoms with Crippen LogP contribution in [-0.2, 0) is 5.60 Å². The largest absolute Gasteiger partial charge is 0.493 e. The van der Waals surface area contributed by atoms with Gasteiger partial charge in [-0.2, -0.15) is 0 Å². The van der Waals surface area contributed by atoms with Crippen molar-refractivity contribution in [2.45, 2.75) is 51.6 Å². The van der Waals surface area contributed by atoms with Crippen molar-refractivity contribution in [2.24, 2.45) is 0 Å². The molecule has 1 aromatic carbocycles. The highest BCUT2D eigenvalue weighted by atomic mass is 35.5. The maximum absolute atomic E-state index is 11.2. The molecule has 1 aliphatic rings. The smallest absolute Gasteiger partial charge is 0.125 e. The lowest BCUT2D eigenvalue weighted by atomic mass is 9.94. The molecular weight excluding hydrogens is 348 g/mol. The van der Waals surface area contributed by atoms with Gasteiger partial charge in [0.15, 0.2) is 0 Å². The third-order valence-corrected chi connectivity index (χ3v) is 5.39. The zero-order chi connectivity index (χ0) is 19.0. The molecule has 1 heterocycles. The van der Waals surface area contributed by atoms with E-state index in [4.69, 9.17) is 16.3 Å². The van der Waals surface area contributed by atoms with Crippen molar-refractivity contribution in [1.82, 2.24) is 9.80 Å². The van der Waals surface area contributed by atoms with Crippen LogP contribution in [0, 0.1) is 0 Å². The van der Waals surface area contributed by atoms with Gasteiger partial charge in [0.05, 0.1) is 6.61 Å². The van der Waals surface area contributed by atoms with Gasteiger partial charge in [-0.1, -0.05) is 44.2 Å². The van der Waals surface area contributed by atoms with Crippen LogP contribution in [0.15, 0.2) is 18.2 Å². The van der Waals surface area contributed by atoms with Crippen LogP contribution in [0.1, 0.15) is 51.5 Å². The van der Waals surface area contributed by atoms with Gasteiger partial charge in [0.1, 0.15) is 11.4 Å². The number of likely N-dealkylation sites (N-methyl/N-ethyl adjacent to an activating group) is 1. The zero-order valence-electron chi connectivity index (χ0n) is 16.6. The fraction of sp³-hybridized carbons (Fsp3) is 0.714. The number of hydrogen-bond acceptors (Lipinski definition) is 4. The first-order valence-corrected chi connectivity index (χ1v) is 10.4. The molecule has 0 bridgehead atoms. The number of halogens is 1. The van der Waals surface area contributed by atoms with E-state index in [0.717, 1.165) is 43.9 Å². The third-order valence-electron chi connectivity index (χ3n) is 5.15. The van der Waals surface area contributed by atoms with Gasteiger partial charge in [0.25, 0.3) is 0 Å². The summed E-state index contributed by atoms with van der Waals surface area (Å²) in [4.78, 5) is 4.63. The maximum Gasteiger partial charge on any atom is 0.125 e. The molecule has 26 heavy (non-hydrogen) atoms. The van der Waals surface area contributed by atoms with E-state index in [9.17, 15) is 5.11 Å². The molecule has 1 fully saturated rings. The Morgan fingerprint density at radius 1 is 1.12 bits per heavy atom. The van der Waals surface area contributed by atoms with E-state index in [-0.39, 0.29) is 0 Å². The summed E-state index contributed by atoms with van der Waals surface area (Å²) in [5.41, 5.74) is -0.198. The fourth-order valence-electron chi connectivity index (χ4n) is 3.46. The Labute approximate surface area is 164 Å². The van der Waals surface area contributed by atoms with Crippen molar-refractivity contribution < 1.29 is 9.84 Å². The topological polar surface area (TPSA) is 35.9 Å². The lowest BCUT2D eigenvalue weighted by molar-refractivity contribution is 0.00110. The Kier molecular flexibility index (Phi) is 8.68. The minimum absolute atomic E-state index is 0.591. The molecule has 1 saturated heterocycles. The highest BCUT2D eigenvalue weighted by Gasteiger charge is 2.31. The first-order valence-electron chi connectivity index (χ1n) is 9.98. The second-order valence-corrected chi connectivity index (χ2v) is 8.19. The Morgan fingerprint density at radius 3 is 2.50 bits per heavy atom. The summed E-state index contributed by atoms with van der Waals surface area (Å²) in [5.74, 6) is 0.754. The first kappa shape index (κ1) is 21.5. The maximum atomic E-state index is 11.2. The van der Waals surface area contributed by atoms with Crippen LogP contribution in [0.3, 0.4) is 0 Å². The van der Waals surface area contributed by atoms with Gasteiger partial charge in [-0.3, -0.25) is 4.90 Å². The van der Waals surface area contributed by atoms with Crippen LogP contribution in [0.25, 0.3) is 0 Å². The monoisotopic (exact) mass is 382 g/mol. The standard InChI is InChI=1S/C21H35ClN2O2/c1-4-5-6-7-8-15-26-20-10-9-18(22)16-19(20)21(2,25)17-24-13-11-23(3)12-14-24/h9-10,16,25H,4-8,11-15,17H2,1-3H3. The molecule has 0 saturated carbocycles. The summed E-state index contributed by atoms with van der Waals surface area (Å²) in [5, 5.41) is 11.8. The Hall–Kier alpha value is -0.810. The number of aliphatic hydroxyl groups is 1. The van der Waals surface area contributed by atoms with E-state index in [1.165, 1.54) is 25.7 Å². The SMILES string of the molecule is CCCCCCCOc1ccc(Cl)cc1C(C)(O)CN1CCN(C)CC1. The number of ether oxygens (including phenoxy) is 1. The van der Waals surface area contributed by atoms with E-state index in [0.29, 0.717) is 18.2 Å². The van der Waals surface area contributed by atoms with Gasteiger partial charge in [-0.25, -0.2) is 0 Å². The van der Waals surface area contributed by atoms with E-state index < -0.39 is 5.60 Å². The Bertz CT molecular complexity index is 543. The summed E-state index contributed by atoms with van der Waals surface area (Å²) < 4.78 is 6.02. The van der Waals surface area contributed by atoms with E-state index >= 15 is 0 Å². The molecule has 0 spiro atoms. The van der Waals surface area contributed by atoms with Gasteiger partial charge in [0, 0.05) is 43.3 Å². The van der Waals surface area contributed by atoms with Gasteiger partial charge < -0.3 is 14.7 Å². The number of unbranched alkanes of at least 4 members (excludes halogenated alkanes) is 4. The number of rotatable bonds is 10. The zero-order valence-corrected chi connectivity index (χ0v) is 17.4. The molecule has 1 N–H and O–H groups in total. The lowest BCUT2D eigenvalue weighted by Crippen LogP contribution is -2.49. The summed E-state index contributed by atoms with van der Waals surface area (Å²) in [7, 11) is 2.14. The predicted octanol–water partition coefficient (Wildman–Crippen LogP) is 4.14. The molecule has 148 valence electrons. The molecule has 5 heteroatoms. The molecule has 0 aliphatic carbocycles. The summed E-state index contributed by atoms with van der Waals surface area (Å²) in [6.07, 6.45) is 6.02. The van der Waals surface area contributed by atoms with Crippen molar-refractivity contribution in [3.63, 3.8) is 0 Å². The molecule has 2 rings (SSSR count). The average Bonchev–Trinajstić information content (AvgIpc) is 2.61. The van der Waals surface area contributed by atoms with Gasteiger partial charge in [0.2, 0.25) is 0 Å². The second kappa shape index (κ2) is 10.5. The minimum atomic E-state index is -0.988. The van der Waals surface area contributed by atoms with Crippen molar-refractivity contribution in [2.75, 3.05) is 46.4 Å². The normalized spacial score (nSPS) is 18.7. The van der Waals surface area contributed by atoms with Gasteiger partial charge in [-0.05, 0) is 38.6 Å². The van der Waals surface area contributed by atoms with Crippen molar-refractivity contribution >= 4 is 11.6 Å². The van der Waals surface area contributed by atoms with Gasteiger partial charge >= 0.3 is 0 Å². The molecule has 0 amide bonds. The Balaban J connectivity index is 1.98. The molecule has 1 unspecified atom stereocenters. The summed E-state index contributed by atoms with van der Waals surface area (Å²) in [6, 6.07) is 5.58. The quantitative estimate of drug-likeness (QED) is 0.617. The highest BCUT2D eigenvalue weighted by molar-refractivity contribution is 6.30. The number of piperazine rings is 1. The van der Waals surface area contributed by atoms with Crippen LogP contribution >= 0.6 is 11.6 Å². The predicted molar refractivity (Wildman–Crippen MR) is 109 cm³/mol. The molecule has 1 atom stereocenters. The Morgan fingerprint density at radius 2 is 1.81 bits per heavy atom. The van der Waals surface area contributed by atoms with Crippen LogP contribution in [0.2, 0.25) is 5.02 Å². The average molecular weight is 383 g/mol. The van der Waals surface area contributed by atoms with Crippen LogP contribution in [0.5, 0.6) is 5.75 Å². The van der Waals surface area contributed by atoms with E-state index in [1.807, 2.05) is 25.1 Å². The first-order chi connectivity index (χ1) is 12.4. The molecule has 0 aromatic heterocycles. The van der Waals surface area contributed by atoms with E-state index in [2.05, 4.69) is 23.8 Å². The van der Waals surface area contributed by atoms with Crippen LogP contribution in [-0.4, -0.2) is 61.3 Å². The van der Waals surface area contributed by atoms with Crippen LogP contribution in [0.4, 0.5) is 0 Å². The summed E-state index contributed by atoms with van der Waals surface area (Å²) in [6.45, 7) is 9.38. The van der Waals surface area contributed by atoms with Crippen molar-refractivity contribution in [1.29, 1.82) is 0 Å². The third kappa shape index (κ3) is 6.73. The van der Waals surface area contributed by atoms with Crippen molar-refractivity contribution in [3.05, 3.63) is 28.8 Å². The molecule has 4 nitrogen and oxygen atoms in total. The fourth-order valence-corrected chi connectivity index (χ4v) is 3.64. The van der Waals surface area contributed by atoms with Crippen molar-refractivity contribution in [3.8, 4) is 5.75 Å². The van der Waals surface area contributed by atoms with Crippen LogP contribution < -0.4 is 4.74 Å². The lowest BCUT2D eigenvalue weighted by Gasteiger charge is -2.37. The number of nitrogens with zero attached hydrogens (tertiary/aromatic N) is 2. The summed E-state index contributed by atoms with van der Waals surface area (Å²) >= 11 is 6.22. The number of β-amino-alcohol motifs (C(OH)–C–C–N with tert-alkyl or cyclic N) is 1. The van der Waals surface area contributed by atoms with Gasteiger partial charge in [-0.15, -0.1) is 0 Å². The molecule has 1 aliphatic heterocycles. The number of hydrogen-bond donors (Lipinski definition) is 1. The highest BCUT2D eigenvalue weighted by Crippen LogP contribution is 2.33. The molecule has 1 aromatic rings. The van der Waals surface area contributed by atoms with E-state index in [1.54, 1.807) is 0 Å². The molecular formula is C21H35ClN2O2. The second-order valence-electron chi connectivity index (χ2n) is 7.76.